The zero-order chi connectivity index (χ0) is 13.3. The monoisotopic (exact) mass is 291 g/mol. The molecule has 1 rings (SSSR count). The van der Waals surface area contributed by atoms with E-state index in [0.29, 0.717) is 0 Å². The van der Waals surface area contributed by atoms with Crippen LogP contribution in [0.1, 0.15) is 4.88 Å². The quantitative estimate of drug-likeness (QED) is 0.433. The molecule has 0 aliphatic rings. The molecule has 9 heteroatoms. The van der Waals surface area contributed by atoms with Crippen molar-refractivity contribution in [3.8, 4) is 0 Å². The van der Waals surface area contributed by atoms with Crippen LogP contribution in [-0.4, -0.2) is 23.1 Å². The van der Waals surface area contributed by atoms with Gasteiger partial charge in [-0.25, -0.2) is 4.99 Å². The lowest BCUT2D eigenvalue weighted by Crippen LogP contribution is -2.37. The minimum absolute atomic E-state index is 0.0750. The molecule has 1 aromatic rings. The van der Waals surface area contributed by atoms with Crippen molar-refractivity contribution in [1.29, 1.82) is 0 Å². The van der Waals surface area contributed by atoms with Crippen molar-refractivity contribution in [2.45, 2.75) is 12.4 Å². The lowest BCUT2D eigenvalue weighted by molar-refractivity contribution is -0.117. The number of hydrogen-bond acceptors (Lipinski definition) is 2. The first-order chi connectivity index (χ1) is 7.62. The normalized spacial score (nSPS) is 12.4. The van der Waals surface area contributed by atoms with E-state index in [0.717, 1.165) is 11.3 Å². The molecule has 1 heterocycles. The van der Waals surface area contributed by atoms with E-state index in [1.807, 2.05) is 0 Å². The van der Waals surface area contributed by atoms with Gasteiger partial charge in [0.2, 0.25) is 5.71 Å². The van der Waals surface area contributed by atoms with E-state index in [2.05, 4.69) is 17.2 Å². The molecule has 0 aliphatic carbocycles. The fourth-order valence-electron chi connectivity index (χ4n) is 0.844. The van der Waals surface area contributed by atoms with Crippen molar-refractivity contribution in [2.24, 2.45) is 4.99 Å². The van der Waals surface area contributed by atoms with Crippen molar-refractivity contribution in [2.75, 3.05) is 0 Å². The second-order valence-electron chi connectivity index (χ2n) is 2.74. The number of alkyl halides is 6. The molecular formula is C8H3F6NS2. The molecule has 0 aromatic carbocycles. The summed E-state index contributed by atoms with van der Waals surface area (Å²) in [5.74, 6) is 0. The summed E-state index contributed by atoms with van der Waals surface area (Å²) >= 11 is 5.32. The van der Waals surface area contributed by atoms with E-state index < -0.39 is 23.1 Å². The topological polar surface area (TPSA) is 12.4 Å². The highest BCUT2D eigenvalue weighted by molar-refractivity contribution is 7.81. The average molecular weight is 291 g/mol. The van der Waals surface area contributed by atoms with Gasteiger partial charge >= 0.3 is 12.4 Å². The summed E-state index contributed by atoms with van der Waals surface area (Å²) in [6.07, 6.45) is -11.2. The van der Waals surface area contributed by atoms with E-state index >= 15 is 0 Å². The SMILES string of the molecule is FC(F)(F)C(=NC(=S)c1cccs1)C(F)(F)F. The van der Waals surface area contributed by atoms with Crippen LogP contribution in [0.3, 0.4) is 0 Å². The number of rotatable bonds is 1. The van der Waals surface area contributed by atoms with E-state index in [1.165, 1.54) is 17.5 Å². The Morgan fingerprint density at radius 1 is 1.12 bits per heavy atom. The third-order valence-corrected chi connectivity index (χ3v) is 2.80. The Balaban J connectivity index is 3.12. The Kier molecular flexibility index (Phi) is 3.92. The maximum atomic E-state index is 12.1. The molecule has 0 saturated heterocycles. The van der Waals surface area contributed by atoms with Crippen LogP contribution in [0.4, 0.5) is 26.3 Å². The second-order valence-corrected chi connectivity index (χ2v) is 4.07. The summed E-state index contributed by atoms with van der Waals surface area (Å²) in [7, 11) is 0. The number of halogens is 6. The van der Waals surface area contributed by atoms with Gasteiger partial charge in [-0.15, -0.1) is 11.3 Å². The van der Waals surface area contributed by atoms with Gasteiger partial charge in [0.25, 0.3) is 0 Å². The van der Waals surface area contributed by atoms with Crippen LogP contribution in [0.25, 0.3) is 0 Å². The van der Waals surface area contributed by atoms with Crippen LogP contribution in [0, 0.1) is 0 Å². The van der Waals surface area contributed by atoms with Gasteiger partial charge in [-0.2, -0.15) is 26.3 Å². The van der Waals surface area contributed by atoms with Crippen LogP contribution in [0.2, 0.25) is 0 Å². The molecule has 0 radical (unpaired) electrons. The predicted octanol–water partition coefficient (Wildman–Crippen LogP) is 3.99. The standard InChI is InChI=1S/C8H3F6NS2/c9-7(10,11)6(8(12,13)14)15-5(16)4-2-1-3-17-4/h1-3H. The van der Waals surface area contributed by atoms with E-state index in [9.17, 15) is 26.3 Å². The fraction of sp³-hybridized carbons (Fsp3) is 0.250. The van der Waals surface area contributed by atoms with Gasteiger partial charge in [-0.1, -0.05) is 18.3 Å². The molecule has 0 N–H and O–H groups in total. The molecule has 0 unspecified atom stereocenters. The number of aliphatic imine (C=N–C) groups is 1. The Bertz CT molecular complexity index is 412. The Morgan fingerprint density at radius 2 is 1.65 bits per heavy atom. The maximum Gasteiger partial charge on any atom is 0.438 e. The summed E-state index contributed by atoms with van der Waals surface area (Å²) in [5, 5.41) is 1.47. The summed E-state index contributed by atoms with van der Waals surface area (Å²) < 4.78 is 72.7. The molecule has 0 aliphatic heterocycles. The molecule has 0 bridgehead atoms. The molecule has 94 valence electrons. The highest BCUT2D eigenvalue weighted by Gasteiger charge is 2.53. The van der Waals surface area contributed by atoms with Gasteiger partial charge in [-0.05, 0) is 11.4 Å². The van der Waals surface area contributed by atoms with Gasteiger partial charge in [0, 0.05) is 0 Å². The fourth-order valence-corrected chi connectivity index (χ4v) is 1.76. The van der Waals surface area contributed by atoms with Gasteiger partial charge in [0.05, 0.1) is 4.88 Å². The summed E-state index contributed by atoms with van der Waals surface area (Å²) in [4.78, 5) is 1.81. The zero-order valence-corrected chi connectivity index (χ0v) is 9.40. The molecule has 0 fully saturated rings. The van der Waals surface area contributed by atoms with Crippen molar-refractivity contribution >= 4 is 34.3 Å². The van der Waals surface area contributed by atoms with Crippen molar-refractivity contribution in [3.05, 3.63) is 22.4 Å². The van der Waals surface area contributed by atoms with Crippen molar-refractivity contribution < 1.29 is 26.3 Å². The second kappa shape index (κ2) is 4.73. The Labute approximate surface area is 101 Å². The van der Waals surface area contributed by atoms with Crippen LogP contribution >= 0.6 is 23.6 Å². The van der Waals surface area contributed by atoms with Gasteiger partial charge in [0.1, 0.15) is 4.99 Å². The lowest BCUT2D eigenvalue weighted by atomic mass is 10.3. The first-order valence-corrected chi connectivity index (χ1v) is 5.22. The van der Waals surface area contributed by atoms with E-state index in [4.69, 9.17) is 0 Å². The first-order valence-electron chi connectivity index (χ1n) is 3.93. The Morgan fingerprint density at radius 3 is 2.00 bits per heavy atom. The van der Waals surface area contributed by atoms with E-state index in [-0.39, 0.29) is 4.88 Å². The maximum absolute atomic E-state index is 12.1. The third-order valence-electron chi connectivity index (χ3n) is 1.48. The number of thiocarbonyl (C=S) groups is 1. The molecule has 17 heavy (non-hydrogen) atoms. The highest BCUT2D eigenvalue weighted by Crippen LogP contribution is 2.30. The van der Waals surface area contributed by atoms with Crippen molar-refractivity contribution in [1.82, 2.24) is 0 Å². The molecular weight excluding hydrogens is 288 g/mol. The first kappa shape index (κ1) is 14.1. The summed E-state index contributed by atoms with van der Waals surface area (Å²) in [6.45, 7) is 0. The molecule has 0 amide bonds. The molecule has 0 saturated carbocycles. The van der Waals surface area contributed by atoms with Crippen LogP contribution in [0.15, 0.2) is 22.5 Å². The third kappa shape index (κ3) is 3.77. The number of hydrogen-bond donors (Lipinski definition) is 0. The van der Waals surface area contributed by atoms with E-state index in [1.54, 1.807) is 0 Å². The smallest absolute Gasteiger partial charge is 0.226 e. The lowest BCUT2D eigenvalue weighted by Gasteiger charge is -2.13. The average Bonchev–Trinajstić information content (AvgIpc) is 2.62. The predicted molar refractivity (Wildman–Crippen MR) is 55.6 cm³/mol. The van der Waals surface area contributed by atoms with Crippen LogP contribution in [0.5, 0.6) is 0 Å². The Hall–Kier alpha value is -0.960. The molecule has 1 nitrogen and oxygen atoms in total. The van der Waals surface area contributed by atoms with Gasteiger partial charge in [-0.3, -0.25) is 0 Å². The molecule has 0 spiro atoms. The zero-order valence-electron chi connectivity index (χ0n) is 7.76. The van der Waals surface area contributed by atoms with Crippen LogP contribution < -0.4 is 0 Å². The van der Waals surface area contributed by atoms with Gasteiger partial charge < -0.3 is 0 Å². The van der Waals surface area contributed by atoms with Gasteiger partial charge in [0.15, 0.2) is 0 Å². The molecule has 0 atom stereocenters. The summed E-state index contributed by atoms with van der Waals surface area (Å²) in [5.41, 5.74) is -2.84. The largest absolute Gasteiger partial charge is 0.438 e. The minimum Gasteiger partial charge on any atom is -0.226 e. The number of nitrogens with zero attached hydrogens (tertiary/aromatic N) is 1. The highest BCUT2D eigenvalue weighted by atomic mass is 32.1. The summed E-state index contributed by atoms with van der Waals surface area (Å²) in [6, 6.07) is 2.74. The number of thiophene rings is 1. The van der Waals surface area contributed by atoms with Crippen molar-refractivity contribution in [3.63, 3.8) is 0 Å². The van der Waals surface area contributed by atoms with Crippen LogP contribution in [-0.2, 0) is 0 Å². The molecule has 1 aromatic heterocycles. The minimum atomic E-state index is -5.58.